The average molecular weight is 614 g/mol. The van der Waals surface area contributed by atoms with E-state index in [1.165, 1.54) is 11.3 Å². The largest absolute Gasteiger partial charge is 0.493 e. The quantitative estimate of drug-likeness (QED) is 0.292. The lowest BCUT2D eigenvalue weighted by Gasteiger charge is -2.46. The lowest BCUT2D eigenvalue weighted by molar-refractivity contribution is -0.127. The van der Waals surface area contributed by atoms with Gasteiger partial charge in [0.1, 0.15) is 10.6 Å². The monoisotopic (exact) mass is 613 g/mol. The molecular formula is C32H31N5O4S2. The van der Waals surface area contributed by atoms with Gasteiger partial charge in [0, 0.05) is 65.1 Å². The number of aryl methyl sites for hydroxylation is 2. The Balaban J connectivity index is 1.58. The van der Waals surface area contributed by atoms with E-state index in [0.717, 1.165) is 14.9 Å². The van der Waals surface area contributed by atoms with Crippen LogP contribution in [0.5, 0.6) is 5.75 Å². The summed E-state index contributed by atoms with van der Waals surface area (Å²) in [6.45, 7) is 7.92. The van der Waals surface area contributed by atoms with Gasteiger partial charge in [-0.05, 0) is 63.2 Å². The highest BCUT2D eigenvalue weighted by Gasteiger charge is 2.60. The fourth-order valence-electron chi connectivity index (χ4n) is 6.28. The highest BCUT2D eigenvalue weighted by Crippen LogP contribution is 2.53. The second kappa shape index (κ2) is 11.1. The third-order valence-corrected chi connectivity index (χ3v) is 11.0. The van der Waals surface area contributed by atoms with Crippen molar-refractivity contribution in [2.24, 2.45) is 0 Å². The van der Waals surface area contributed by atoms with Crippen molar-refractivity contribution in [3.8, 4) is 11.8 Å². The molecule has 0 N–H and O–H groups in total. The number of nitriles is 1. The Bertz CT molecular complexity index is 1840. The van der Waals surface area contributed by atoms with Gasteiger partial charge < -0.3 is 9.64 Å². The first kappa shape index (κ1) is 28.9. The third kappa shape index (κ3) is 4.57. The number of aromatic nitrogens is 1. The van der Waals surface area contributed by atoms with E-state index in [1.54, 1.807) is 49.6 Å². The molecule has 11 heteroatoms. The molecule has 1 amide bonds. The zero-order chi connectivity index (χ0) is 30.4. The minimum absolute atomic E-state index is 0.107. The van der Waals surface area contributed by atoms with E-state index in [-0.39, 0.29) is 10.6 Å². The average Bonchev–Trinajstić information content (AvgIpc) is 3.51. The first-order chi connectivity index (χ1) is 20.7. The Labute approximate surface area is 255 Å². The van der Waals surface area contributed by atoms with Crippen LogP contribution in [0.4, 0.5) is 11.4 Å². The molecule has 220 valence electrons. The maximum absolute atomic E-state index is 15.2. The number of nitrogens with zero attached hydrogens (tertiary/aromatic N) is 5. The Morgan fingerprint density at radius 1 is 1.00 bits per heavy atom. The van der Waals surface area contributed by atoms with Crippen molar-refractivity contribution >= 4 is 38.6 Å². The van der Waals surface area contributed by atoms with Gasteiger partial charge in [-0.25, -0.2) is 12.7 Å². The van der Waals surface area contributed by atoms with Gasteiger partial charge in [-0.3, -0.25) is 14.7 Å². The number of ether oxygens (including phenoxy) is 1. The molecule has 2 aromatic carbocycles. The summed E-state index contributed by atoms with van der Waals surface area (Å²) in [7, 11) is -4.30. The smallest absolute Gasteiger partial charge is 0.272 e. The molecule has 1 saturated heterocycles. The van der Waals surface area contributed by atoms with Crippen LogP contribution in [-0.4, -0.2) is 57.0 Å². The number of hydrogen-bond acceptors (Lipinski definition) is 9. The number of carbonyl (C=O) groups excluding carboxylic acids is 1. The number of para-hydroxylation sites is 1. The summed E-state index contributed by atoms with van der Waals surface area (Å²) in [5, 5.41) is 9.91. The van der Waals surface area contributed by atoms with Crippen LogP contribution >= 0.6 is 11.3 Å². The molecule has 2 aromatic heterocycles. The molecule has 2 aliphatic heterocycles. The molecule has 43 heavy (non-hydrogen) atoms. The second-order valence-corrected chi connectivity index (χ2v) is 13.7. The summed E-state index contributed by atoms with van der Waals surface area (Å²) >= 11 is 1.37. The van der Waals surface area contributed by atoms with Crippen LogP contribution in [0.15, 0.2) is 78.0 Å². The van der Waals surface area contributed by atoms with Gasteiger partial charge in [0.2, 0.25) is 0 Å². The van der Waals surface area contributed by atoms with Crippen LogP contribution in [0.1, 0.15) is 33.4 Å². The number of pyridine rings is 1. The van der Waals surface area contributed by atoms with Crippen molar-refractivity contribution in [3.05, 3.63) is 99.5 Å². The summed E-state index contributed by atoms with van der Waals surface area (Å²) in [6.07, 6.45) is 3.50. The molecule has 1 fully saturated rings. The lowest BCUT2D eigenvalue weighted by Crippen LogP contribution is -2.60. The number of carbonyl (C=O) groups is 1. The van der Waals surface area contributed by atoms with E-state index in [4.69, 9.17) is 4.74 Å². The summed E-state index contributed by atoms with van der Waals surface area (Å²) in [5.74, 6) is -0.115. The van der Waals surface area contributed by atoms with E-state index in [1.807, 2.05) is 49.1 Å². The normalized spacial score (nSPS) is 18.9. The molecule has 0 bridgehead atoms. The fourth-order valence-corrected chi connectivity index (χ4v) is 9.27. The van der Waals surface area contributed by atoms with Gasteiger partial charge in [0.15, 0.2) is 5.54 Å². The summed E-state index contributed by atoms with van der Waals surface area (Å²) < 4.78 is 35.9. The second-order valence-electron chi connectivity index (χ2n) is 10.5. The first-order valence-corrected chi connectivity index (χ1v) is 16.3. The molecule has 1 unspecified atom stereocenters. The highest BCUT2D eigenvalue weighted by atomic mass is 32.2. The maximum atomic E-state index is 15.2. The summed E-state index contributed by atoms with van der Waals surface area (Å²) in [4.78, 5) is 25.1. The van der Waals surface area contributed by atoms with E-state index in [2.05, 4.69) is 16.0 Å². The molecule has 6 rings (SSSR count). The van der Waals surface area contributed by atoms with Crippen molar-refractivity contribution in [3.63, 3.8) is 0 Å². The lowest BCUT2D eigenvalue weighted by atomic mass is 9.80. The fraction of sp³-hybridized carbons (Fsp3) is 0.281. The molecule has 0 saturated carbocycles. The van der Waals surface area contributed by atoms with E-state index in [0.29, 0.717) is 60.1 Å². The zero-order valence-corrected chi connectivity index (χ0v) is 25.8. The number of hydrogen-bond donors (Lipinski definition) is 0. The number of fused-ring (bicyclic) bond motifs is 1. The molecule has 4 aromatic rings. The van der Waals surface area contributed by atoms with Gasteiger partial charge >= 0.3 is 0 Å². The van der Waals surface area contributed by atoms with E-state index >= 15 is 4.79 Å². The Morgan fingerprint density at radius 2 is 1.72 bits per heavy atom. The van der Waals surface area contributed by atoms with Gasteiger partial charge in [0.25, 0.3) is 15.9 Å². The van der Waals surface area contributed by atoms with E-state index < -0.39 is 21.5 Å². The van der Waals surface area contributed by atoms with Crippen LogP contribution < -0.4 is 13.9 Å². The number of piperazine rings is 1. The number of sulfonamides is 1. The molecule has 0 spiro atoms. The van der Waals surface area contributed by atoms with Gasteiger partial charge in [-0.1, -0.05) is 18.2 Å². The number of anilines is 2. The number of benzene rings is 2. The maximum Gasteiger partial charge on any atom is 0.272 e. The number of amides is 1. The van der Waals surface area contributed by atoms with Crippen LogP contribution in [-0.2, 0) is 20.4 Å². The Morgan fingerprint density at radius 3 is 2.37 bits per heavy atom. The minimum Gasteiger partial charge on any atom is -0.493 e. The summed E-state index contributed by atoms with van der Waals surface area (Å²) in [5.41, 5.74) is 1.05. The molecular weight excluding hydrogens is 583 g/mol. The Kier molecular flexibility index (Phi) is 7.46. The van der Waals surface area contributed by atoms with Crippen LogP contribution in [0, 0.1) is 25.2 Å². The summed E-state index contributed by atoms with van der Waals surface area (Å²) in [6, 6.07) is 19.8. The molecule has 2 aliphatic rings. The van der Waals surface area contributed by atoms with Crippen LogP contribution in [0.3, 0.4) is 0 Å². The van der Waals surface area contributed by atoms with Gasteiger partial charge in [-0.2, -0.15) is 5.26 Å². The van der Waals surface area contributed by atoms with Crippen LogP contribution in [0.2, 0.25) is 0 Å². The van der Waals surface area contributed by atoms with Crippen molar-refractivity contribution in [2.75, 3.05) is 42.0 Å². The van der Waals surface area contributed by atoms with Gasteiger partial charge in [0.05, 0.1) is 23.9 Å². The molecule has 1 atom stereocenters. The third-order valence-electron chi connectivity index (χ3n) is 8.10. The van der Waals surface area contributed by atoms with Crippen molar-refractivity contribution in [1.29, 1.82) is 5.26 Å². The SMILES string of the molecule is CCOc1ccccc1C1(N2CCN(c3ccncc3)CC2)C(=O)N(S(=O)(=O)c2cc(C)sc2C)c2ccc(C#N)cc21. The number of rotatable bonds is 7. The van der Waals surface area contributed by atoms with Crippen molar-refractivity contribution < 1.29 is 17.9 Å². The molecule has 0 aliphatic carbocycles. The molecule has 4 heterocycles. The van der Waals surface area contributed by atoms with Crippen LogP contribution in [0.25, 0.3) is 0 Å². The van der Waals surface area contributed by atoms with Gasteiger partial charge in [-0.15, -0.1) is 11.3 Å². The first-order valence-electron chi connectivity index (χ1n) is 14.1. The van der Waals surface area contributed by atoms with Crippen molar-refractivity contribution in [1.82, 2.24) is 9.88 Å². The van der Waals surface area contributed by atoms with Crippen molar-refractivity contribution in [2.45, 2.75) is 31.2 Å². The minimum atomic E-state index is -4.30. The number of thiophene rings is 1. The zero-order valence-electron chi connectivity index (χ0n) is 24.1. The molecule has 0 radical (unpaired) electrons. The molecule has 9 nitrogen and oxygen atoms in total. The predicted octanol–water partition coefficient (Wildman–Crippen LogP) is 4.83. The highest BCUT2D eigenvalue weighted by molar-refractivity contribution is 7.93. The Hall–Kier alpha value is -4.24. The predicted molar refractivity (Wildman–Crippen MR) is 166 cm³/mol. The van der Waals surface area contributed by atoms with E-state index in [9.17, 15) is 13.7 Å². The topological polar surface area (TPSA) is 107 Å². The standard InChI is InChI=1S/C32H31N5O4S2/c1-4-41-29-8-6-5-7-26(29)32(36-17-15-35(16-18-36)25-11-13-34-14-12-25)27-20-24(21-33)9-10-28(27)37(31(32)38)43(39,40)30-19-22(2)42-23(30)3/h5-14,19-20H,4,15-18H2,1-3H3.